The minimum absolute atomic E-state index is 0.0211. The van der Waals surface area contributed by atoms with E-state index < -0.39 is 30.0 Å². The molecule has 1 heterocycles. The maximum absolute atomic E-state index is 13.0. The van der Waals surface area contributed by atoms with Crippen molar-refractivity contribution in [3.63, 3.8) is 0 Å². The topological polar surface area (TPSA) is 103 Å². The fraction of sp³-hybridized carbons (Fsp3) is 0.227. The lowest BCUT2D eigenvalue weighted by atomic mass is 10.1. The molecule has 0 radical (unpaired) electrons. The molecule has 0 fully saturated rings. The average molecular weight is 461 g/mol. The zero-order chi connectivity index (χ0) is 24.3. The van der Waals surface area contributed by atoms with Crippen LogP contribution in [0.4, 0.5) is 13.2 Å². The number of nitrogens with zero attached hydrogens (tertiary/aromatic N) is 2. The Labute approximate surface area is 185 Å². The molecule has 1 atom stereocenters. The van der Waals surface area contributed by atoms with Crippen LogP contribution in [0.15, 0.2) is 59.4 Å². The molecule has 33 heavy (non-hydrogen) atoms. The highest BCUT2D eigenvalue weighted by atomic mass is 19.4. The monoisotopic (exact) mass is 461 g/mol. The number of nitrogens with one attached hydrogen (secondary N) is 1. The van der Waals surface area contributed by atoms with Gasteiger partial charge in [-0.15, -0.1) is 13.2 Å². The number of hydrogen-bond acceptors (Lipinski definition) is 5. The smallest absolute Gasteiger partial charge is 0.478 e. The van der Waals surface area contributed by atoms with Gasteiger partial charge in [-0.3, -0.25) is 4.79 Å². The summed E-state index contributed by atoms with van der Waals surface area (Å²) in [7, 11) is 1.51. The van der Waals surface area contributed by atoms with Gasteiger partial charge in [0.25, 0.3) is 5.91 Å². The number of aromatic carboxylic acids is 1. The fourth-order valence-electron chi connectivity index (χ4n) is 3.02. The standard InChI is InChI=1S/C22H18F3N3O5/c1-12(14-7-9-15(10-8-14)21(30)31)26-19(29)18-13(2)27-28(3)20(18)32-16-5-4-6-17(11-16)33-22(23,24)25/h6-12H,1-3H3,(H,26,29)(H,30,31)/t12-/m0/s1. The summed E-state index contributed by atoms with van der Waals surface area (Å²) in [5, 5.41) is 15.9. The van der Waals surface area contributed by atoms with Gasteiger partial charge in [0.05, 0.1) is 17.3 Å². The van der Waals surface area contributed by atoms with E-state index in [-0.39, 0.29) is 22.8 Å². The molecule has 1 amide bonds. The van der Waals surface area contributed by atoms with Gasteiger partial charge >= 0.3 is 12.3 Å². The Kier molecular flexibility index (Phi) is 6.48. The van der Waals surface area contributed by atoms with Crippen LogP contribution in [-0.2, 0) is 11.8 Å². The maximum Gasteiger partial charge on any atom is 0.573 e. The molecule has 172 valence electrons. The number of carbonyl (C=O) groups is 2. The number of aryl methyl sites for hydroxylation is 2. The summed E-state index contributed by atoms with van der Waals surface area (Å²) < 4.78 is 48.2. The van der Waals surface area contributed by atoms with Crippen LogP contribution < -0.4 is 10.1 Å². The molecule has 11 heteroatoms. The summed E-state index contributed by atoms with van der Waals surface area (Å²) in [6.07, 6.45) is -2.99. The van der Waals surface area contributed by atoms with E-state index in [0.717, 1.165) is 12.2 Å². The van der Waals surface area contributed by atoms with Crippen molar-refractivity contribution in [2.75, 3.05) is 0 Å². The summed E-state index contributed by atoms with van der Waals surface area (Å²) in [5.74, 6) is -2.35. The minimum atomic E-state index is -4.89. The fourth-order valence-corrected chi connectivity index (χ4v) is 3.02. The maximum atomic E-state index is 13.0. The van der Waals surface area contributed by atoms with Crippen LogP contribution >= 0.6 is 0 Å². The molecule has 1 aliphatic rings. The van der Waals surface area contributed by atoms with E-state index in [4.69, 9.17) is 9.84 Å². The Bertz CT molecular complexity index is 1230. The van der Waals surface area contributed by atoms with E-state index in [1.807, 2.05) is 0 Å². The van der Waals surface area contributed by atoms with Crippen LogP contribution in [0.3, 0.4) is 0 Å². The number of halogens is 3. The zero-order valence-electron chi connectivity index (χ0n) is 17.6. The molecule has 3 rings (SSSR count). The SMILES string of the molecule is Cc1nn(C)c(OC2=C=C=CC(OC(F)(F)F)=C2)c1C(=O)N[C@@H](C)c1ccc(C(=O)O)cc1. The number of alkyl halides is 3. The molecule has 0 saturated heterocycles. The van der Waals surface area contributed by atoms with Gasteiger partial charge in [0.1, 0.15) is 11.3 Å². The van der Waals surface area contributed by atoms with Crippen molar-refractivity contribution < 1.29 is 37.3 Å². The Balaban J connectivity index is 1.81. The first-order chi connectivity index (χ1) is 15.4. The molecule has 1 aliphatic carbocycles. The van der Waals surface area contributed by atoms with Crippen molar-refractivity contribution in [3.8, 4) is 5.88 Å². The number of carbonyl (C=O) groups excluding carboxylic acids is 1. The molecule has 0 unspecified atom stereocenters. The second-order valence-corrected chi connectivity index (χ2v) is 6.99. The summed E-state index contributed by atoms with van der Waals surface area (Å²) >= 11 is 0. The highest BCUT2D eigenvalue weighted by Crippen LogP contribution is 2.27. The Morgan fingerprint density at radius 1 is 1.24 bits per heavy atom. The molecule has 0 bridgehead atoms. The number of amides is 1. The lowest BCUT2D eigenvalue weighted by Gasteiger charge is -2.16. The van der Waals surface area contributed by atoms with E-state index in [9.17, 15) is 22.8 Å². The number of benzene rings is 1. The molecule has 2 N–H and O–H groups in total. The van der Waals surface area contributed by atoms with E-state index in [1.165, 1.54) is 23.9 Å². The van der Waals surface area contributed by atoms with Crippen molar-refractivity contribution in [3.05, 3.63) is 81.8 Å². The van der Waals surface area contributed by atoms with E-state index in [1.54, 1.807) is 26.0 Å². The number of hydrogen-bond donors (Lipinski definition) is 2. The first-order valence-electron chi connectivity index (χ1n) is 9.49. The Morgan fingerprint density at radius 2 is 1.91 bits per heavy atom. The Hall–Kier alpha value is -4.20. The second-order valence-electron chi connectivity index (χ2n) is 6.99. The van der Waals surface area contributed by atoms with Gasteiger partial charge < -0.3 is 19.9 Å². The van der Waals surface area contributed by atoms with Crippen LogP contribution in [0.1, 0.15) is 44.9 Å². The van der Waals surface area contributed by atoms with Gasteiger partial charge in [0.2, 0.25) is 5.88 Å². The third-order valence-electron chi connectivity index (χ3n) is 4.53. The van der Waals surface area contributed by atoms with Crippen molar-refractivity contribution in [1.29, 1.82) is 0 Å². The molecule has 0 aliphatic heterocycles. The van der Waals surface area contributed by atoms with Crippen LogP contribution in [0.2, 0.25) is 0 Å². The molecule has 8 nitrogen and oxygen atoms in total. The van der Waals surface area contributed by atoms with Gasteiger partial charge in [-0.2, -0.15) is 5.10 Å². The number of carboxylic acids is 1. The van der Waals surface area contributed by atoms with Gasteiger partial charge in [-0.05, 0) is 37.3 Å². The van der Waals surface area contributed by atoms with Crippen LogP contribution in [0, 0.1) is 6.92 Å². The van der Waals surface area contributed by atoms with Crippen molar-refractivity contribution in [2.24, 2.45) is 7.05 Å². The number of rotatable bonds is 7. The lowest BCUT2D eigenvalue weighted by molar-refractivity contribution is -0.303. The Morgan fingerprint density at radius 3 is 2.52 bits per heavy atom. The molecular formula is C22H18F3N3O5. The summed E-state index contributed by atoms with van der Waals surface area (Å²) in [6, 6.07) is 5.52. The van der Waals surface area contributed by atoms with Gasteiger partial charge in [0.15, 0.2) is 5.76 Å². The van der Waals surface area contributed by atoms with Crippen molar-refractivity contribution >= 4 is 11.9 Å². The summed E-state index contributed by atoms with van der Waals surface area (Å²) in [4.78, 5) is 24.0. The number of allylic oxidation sites excluding steroid dienone is 2. The molecule has 1 aromatic heterocycles. The lowest BCUT2D eigenvalue weighted by Crippen LogP contribution is -2.27. The highest BCUT2D eigenvalue weighted by Gasteiger charge is 2.32. The van der Waals surface area contributed by atoms with Gasteiger partial charge in [-0.25, -0.2) is 9.48 Å². The predicted molar refractivity (Wildman–Crippen MR) is 108 cm³/mol. The molecule has 0 saturated carbocycles. The molecule has 1 aromatic carbocycles. The summed E-state index contributed by atoms with van der Waals surface area (Å²) in [6.45, 7) is 3.29. The first kappa shape index (κ1) is 23.5. The highest BCUT2D eigenvalue weighted by molar-refractivity contribution is 5.98. The number of aromatic nitrogens is 2. The minimum Gasteiger partial charge on any atom is -0.478 e. The number of ether oxygens (including phenoxy) is 2. The van der Waals surface area contributed by atoms with Crippen LogP contribution in [0.25, 0.3) is 0 Å². The molecular weight excluding hydrogens is 443 g/mol. The first-order valence-corrected chi connectivity index (χ1v) is 9.49. The normalized spacial score (nSPS) is 13.8. The third kappa shape index (κ3) is 5.74. The summed E-state index contributed by atoms with van der Waals surface area (Å²) in [5.41, 5.74) is 6.05. The largest absolute Gasteiger partial charge is 0.573 e. The van der Waals surface area contributed by atoms with Crippen LogP contribution in [0.5, 0.6) is 5.88 Å². The third-order valence-corrected chi connectivity index (χ3v) is 4.53. The zero-order valence-corrected chi connectivity index (χ0v) is 17.6. The van der Waals surface area contributed by atoms with E-state index in [2.05, 4.69) is 26.6 Å². The van der Waals surface area contributed by atoms with E-state index >= 15 is 0 Å². The predicted octanol–water partition coefficient (Wildman–Crippen LogP) is 3.92. The van der Waals surface area contributed by atoms with Gasteiger partial charge in [-0.1, -0.05) is 17.9 Å². The van der Waals surface area contributed by atoms with Crippen molar-refractivity contribution in [2.45, 2.75) is 26.3 Å². The number of carboxylic acid groups (broad SMARTS) is 1. The van der Waals surface area contributed by atoms with E-state index in [0.29, 0.717) is 11.3 Å². The van der Waals surface area contributed by atoms with Crippen molar-refractivity contribution in [1.82, 2.24) is 15.1 Å². The quantitative estimate of drug-likeness (QED) is 0.606. The van der Waals surface area contributed by atoms with Gasteiger partial charge in [0, 0.05) is 19.2 Å². The molecule has 2 aromatic rings. The average Bonchev–Trinajstić information content (AvgIpc) is 2.99. The van der Waals surface area contributed by atoms with Crippen LogP contribution in [-0.4, -0.2) is 33.1 Å². The molecule has 0 spiro atoms. The second kappa shape index (κ2) is 9.12.